The molecule has 0 aromatic heterocycles. The summed E-state index contributed by atoms with van der Waals surface area (Å²) in [5.41, 5.74) is 2.71. The minimum absolute atomic E-state index is 0.0793. The minimum Gasteiger partial charge on any atom is -0.303 e. The Balaban J connectivity index is 1.82. The van der Waals surface area contributed by atoms with E-state index in [1.54, 1.807) is 5.57 Å². The predicted octanol–water partition coefficient (Wildman–Crippen LogP) is 5.54. The third kappa shape index (κ3) is 1.49. The van der Waals surface area contributed by atoms with Gasteiger partial charge >= 0.3 is 0 Å². The van der Waals surface area contributed by atoms with Crippen LogP contribution in [0.5, 0.6) is 0 Å². The lowest BCUT2D eigenvalue weighted by Gasteiger charge is -2.69. The first kappa shape index (κ1) is 15.0. The van der Waals surface area contributed by atoms with Crippen molar-refractivity contribution in [2.45, 2.75) is 78.6 Å². The number of carbonyl (C=O) groups excluding carboxylic acids is 1. The molecule has 2 bridgehead atoms. The van der Waals surface area contributed by atoms with Crippen LogP contribution < -0.4 is 0 Å². The van der Waals surface area contributed by atoms with Gasteiger partial charge in [-0.2, -0.15) is 0 Å². The van der Waals surface area contributed by atoms with Gasteiger partial charge in [0.05, 0.1) is 0 Å². The fourth-order valence-corrected chi connectivity index (χ4v) is 7.86. The number of carbonyl (C=O) groups is 1. The van der Waals surface area contributed by atoms with Crippen molar-refractivity contribution in [1.29, 1.82) is 0 Å². The average molecular weight is 300 g/mol. The van der Waals surface area contributed by atoms with E-state index in [9.17, 15) is 4.79 Å². The van der Waals surface area contributed by atoms with Gasteiger partial charge in [-0.1, -0.05) is 39.3 Å². The van der Waals surface area contributed by atoms with Crippen LogP contribution in [0.4, 0.5) is 0 Å². The lowest BCUT2D eigenvalue weighted by atomic mass is 9.35. The molecule has 1 nitrogen and oxygen atoms in total. The predicted molar refractivity (Wildman–Crippen MR) is 90.5 cm³/mol. The van der Waals surface area contributed by atoms with Crippen molar-refractivity contribution in [1.82, 2.24) is 0 Å². The van der Waals surface area contributed by atoms with Gasteiger partial charge < -0.3 is 4.79 Å². The second kappa shape index (κ2) is 4.28. The average Bonchev–Trinajstić information content (AvgIpc) is 2.75. The van der Waals surface area contributed by atoms with Crippen LogP contribution in [0.25, 0.3) is 0 Å². The van der Waals surface area contributed by atoms with E-state index in [0.29, 0.717) is 22.2 Å². The molecule has 0 heterocycles. The first-order valence-corrected chi connectivity index (χ1v) is 9.44. The van der Waals surface area contributed by atoms with E-state index in [2.05, 4.69) is 27.4 Å². The Labute approximate surface area is 135 Å². The number of aldehydes is 1. The SMILES string of the molecule is C=C1CC23CCC4C(C)(C=O)CCCC4(C)C2(C)CCC1C3. The van der Waals surface area contributed by atoms with Gasteiger partial charge in [-0.25, -0.2) is 0 Å². The molecule has 0 N–H and O–H groups in total. The van der Waals surface area contributed by atoms with E-state index in [4.69, 9.17) is 0 Å². The summed E-state index contributed by atoms with van der Waals surface area (Å²) in [6.07, 6.45) is 13.0. The van der Waals surface area contributed by atoms with Gasteiger partial charge in [0.1, 0.15) is 6.29 Å². The van der Waals surface area contributed by atoms with Gasteiger partial charge in [-0.15, -0.1) is 0 Å². The third-order valence-electron chi connectivity index (χ3n) is 9.36. The maximum absolute atomic E-state index is 11.9. The highest BCUT2D eigenvalue weighted by Crippen LogP contribution is 2.77. The first-order valence-electron chi connectivity index (χ1n) is 9.44. The molecule has 4 rings (SSSR count). The highest BCUT2D eigenvalue weighted by atomic mass is 16.1. The van der Waals surface area contributed by atoms with E-state index in [0.717, 1.165) is 12.3 Å². The quantitative estimate of drug-likeness (QED) is 0.458. The van der Waals surface area contributed by atoms with Gasteiger partial charge in [0.25, 0.3) is 0 Å². The van der Waals surface area contributed by atoms with Gasteiger partial charge in [0.15, 0.2) is 0 Å². The molecule has 6 atom stereocenters. The zero-order valence-corrected chi connectivity index (χ0v) is 14.7. The molecule has 4 fully saturated rings. The molecule has 0 aliphatic heterocycles. The molecule has 0 saturated heterocycles. The standard InChI is InChI=1S/C21H32O/c1-15-12-21-11-7-17-18(2,14-22)8-5-9-19(17,3)20(21,4)10-6-16(15)13-21/h14,16-17H,1,5-13H2,2-4H3. The fraction of sp³-hybridized carbons (Fsp3) is 0.857. The largest absolute Gasteiger partial charge is 0.303 e. The van der Waals surface area contributed by atoms with E-state index < -0.39 is 0 Å². The fourth-order valence-electron chi connectivity index (χ4n) is 7.86. The lowest BCUT2D eigenvalue weighted by molar-refractivity contribution is -0.204. The summed E-state index contributed by atoms with van der Waals surface area (Å²) in [5, 5.41) is 0. The molecular weight excluding hydrogens is 268 g/mol. The molecular formula is C21H32O. The Hall–Kier alpha value is -0.590. The molecule has 4 saturated carbocycles. The van der Waals surface area contributed by atoms with Crippen LogP contribution in [-0.4, -0.2) is 6.29 Å². The number of fused-ring (bicyclic) bond motifs is 3. The topological polar surface area (TPSA) is 17.1 Å². The summed E-state index contributed by atoms with van der Waals surface area (Å²) in [6, 6.07) is 0. The van der Waals surface area contributed by atoms with Crippen LogP contribution >= 0.6 is 0 Å². The zero-order chi connectivity index (χ0) is 15.8. The summed E-state index contributed by atoms with van der Waals surface area (Å²) in [5.74, 6) is 1.39. The summed E-state index contributed by atoms with van der Waals surface area (Å²) in [7, 11) is 0. The molecule has 1 heteroatoms. The molecule has 22 heavy (non-hydrogen) atoms. The molecule has 0 radical (unpaired) electrons. The summed E-state index contributed by atoms with van der Waals surface area (Å²) in [4.78, 5) is 11.9. The van der Waals surface area contributed by atoms with E-state index in [-0.39, 0.29) is 5.41 Å². The third-order valence-corrected chi connectivity index (χ3v) is 9.36. The van der Waals surface area contributed by atoms with Crippen LogP contribution in [0.3, 0.4) is 0 Å². The van der Waals surface area contributed by atoms with Gasteiger partial charge in [0, 0.05) is 5.41 Å². The number of hydrogen-bond donors (Lipinski definition) is 0. The van der Waals surface area contributed by atoms with Crippen molar-refractivity contribution < 1.29 is 4.79 Å². The van der Waals surface area contributed by atoms with Crippen LogP contribution in [0.1, 0.15) is 78.6 Å². The van der Waals surface area contributed by atoms with E-state index >= 15 is 0 Å². The molecule has 0 aromatic carbocycles. The Morgan fingerprint density at radius 1 is 1.09 bits per heavy atom. The second-order valence-electron chi connectivity index (χ2n) is 9.87. The maximum atomic E-state index is 11.9. The normalized spacial score (nSPS) is 57.1. The van der Waals surface area contributed by atoms with Gasteiger partial charge in [-0.05, 0) is 79.4 Å². The van der Waals surface area contributed by atoms with Crippen LogP contribution in [-0.2, 0) is 4.79 Å². The van der Waals surface area contributed by atoms with Crippen LogP contribution in [0.15, 0.2) is 12.2 Å². The van der Waals surface area contributed by atoms with Crippen LogP contribution in [0, 0.1) is 33.5 Å². The Morgan fingerprint density at radius 2 is 1.86 bits per heavy atom. The molecule has 6 unspecified atom stereocenters. The van der Waals surface area contributed by atoms with E-state index in [1.165, 1.54) is 57.7 Å². The summed E-state index contributed by atoms with van der Waals surface area (Å²) >= 11 is 0. The van der Waals surface area contributed by atoms with E-state index in [1.807, 2.05) is 0 Å². The maximum Gasteiger partial charge on any atom is 0.126 e. The lowest BCUT2D eigenvalue weighted by Crippen LogP contribution is -2.62. The molecule has 4 aliphatic rings. The molecule has 122 valence electrons. The number of hydrogen-bond acceptors (Lipinski definition) is 1. The van der Waals surface area contributed by atoms with Gasteiger partial charge in [0.2, 0.25) is 0 Å². The summed E-state index contributed by atoms with van der Waals surface area (Å²) < 4.78 is 0. The first-order chi connectivity index (χ1) is 10.3. The van der Waals surface area contributed by atoms with Crippen molar-refractivity contribution in [3.8, 4) is 0 Å². The van der Waals surface area contributed by atoms with Crippen molar-refractivity contribution >= 4 is 6.29 Å². The number of rotatable bonds is 1. The Morgan fingerprint density at radius 3 is 2.59 bits per heavy atom. The molecule has 1 spiro atoms. The summed E-state index contributed by atoms with van der Waals surface area (Å²) in [6.45, 7) is 11.8. The van der Waals surface area contributed by atoms with Crippen molar-refractivity contribution in [3.05, 3.63) is 12.2 Å². The Kier molecular flexibility index (Phi) is 2.91. The molecule has 4 aliphatic carbocycles. The monoisotopic (exact) mass is 300 g/mol. The smallest absolute Gasteiger partial charge is 0.126 e. The molecule has 0 amide bonds. The highest BCUT2D eigenvalue weighted by Gasteiger charge is 2.69. The zero-order valence-electron chi connectivity index (χ0n) is 14.7. The van der Waals surface area contributed by atoms with Crippen molar-refractivity contribution in [2.24, 2.45) is 33.5 Å². The second-order valence-corrected chi connectivity index (χ2v) is 9.87. The number of allylic oxidation sites excluding steroid dienone is 1. The Bertz CT molecular complexity index is 536. The van der Waals surface area contributed by atoms with Crippen molar-refractivity contribution in [2.75, 3.05) is 0 Å². The minimum atomic E-state index is -0.0793. The molecule has 0 aromatic rings. The highest BCUT2D eigenvalue weighted by molar-refractivity contribution is 5.60. The van der Waals surface area contributed by atoms with Crippen LogP contribution in [0.2, 0.25) is 0 Å². The van der Waals surface area contributed by atoms with Crippen molar-refractivity contribution in [3.63, 3.8) is 0 Å². The van der Waals surface area contributed by atoms with Gasteiger partial charge in [-0.3, -0.25) is 0 Å².